The van der Waals surface area contributed by atoms with E-state index >= 15 is 0 Å². The van der Waals surface area contributed by atoms with E-state index in [1.807, 2.05) is 18.4 Å². The minimum Gasteiger partial charge on any atom is -0.332 e. The molecule has 13 heavy (non-hydrogen) atoms. The second kappa shape index (κ2) is 3.08. The van der Waals surface area contributed by atoms with Crippen molar-refractivity contribution in [3.8, 4) is 0 Å². The van der Waals surface area contributed by atoms with Crippen molar-refractivity contribution < 1.29 is 4.79 Å². The van der Waals surface area contributed by atoms with Gasteiger partial charge in [0.1, 0.15) is 5.66 Å². The Kier molecular flexibility index (Phi) is 2.17. The summed E-state index contributed by atoms with van der Waals surface area (Å²) in [4.78, 5) is 12.2. The quantitative estimate of drug-likeness (QED) is 0.802. The van der Waals surface area contributed by atoms with Crippen molar-refractivity contribution in [2.24, 2.45) is 0 Å². The van der Waals surface area contributed by atoms with Gasteiger partial charge in [-0.2, -0.15) is 0 Å². The predicted octanol–water partition coefficient (Wildman–Crippen LogP) is 1.40. The highest BCUT2D eigenvalue weighted by Gasteiger charge is 2.36. The van der Waals surface area contributed by atoms with Gasteiger partial charge in [-0.3, -0.25) is 10.1 Å². The lowest BCUT2D eigenvalue weighted by Gasteiger charge is -2.23. The van der Waals surface area contributed by atoms with E-state index in [-0.39, 0.29) is 5.91 Å². The third-order valence-electron chi connectivity index (χ3n) is 2.06. The van der Waals surface area contributed by atoms with Gasteiger partial charge in [-0.25, -0.2) is 0 Å². The number of amides is 1. The van der Waals surface area contributed by atoms with E-state index in [0.29, 0.717) is 6.54 Å². The largest absolute Gasteiger partial charge is 0.332 e. The van der Waals surface area contributed by atoms with Crippen LogP contribution in [0.5, 0.6) is 0 Å². The minimum absolute atomic E-state index is 0.0443. The molecule has 0 saturated carbocycles. The van der Waals surface area contributed by atoms with Gasteiger partial charge in [0.15, 0.2) is 0 Å². The smallest absolute Gasteiger partial charge is 0.235 e. The monoisotopic (exact) mass is 260 g/mol. The molecule has 1 atom stereocenters. The molecule has 0 spiro atoms. The SMILES string of the molecule is CC1(c2sccc2Br)NCC(=O)N1. The van der Waals surface area contributed by atoms with Gasteiger partial charge in [0.2, 0.25) is 5.91 Å². The van der Waals surface area contributed by atoms with Crippen molar-refractivity contribution >= 4 is 33.2 Å². The van der Waals surface area contributed by atoms with Crippen LogP contribution in [0, 0.1) is 0 Å². The molecular weight excluding hydrogens is 252 g/mol. The Morgan fingerprint density at radius 3 is 2.92 bits per heavy atom. The fourth-order valence-electron chi connectivity index (χ4n) is 1.41. The Morgan fingerprint density at radius 1 is 1.69 bits per heavy atom. The summed E-state index contributed by atoms with van der Waals surface area (Å²) in [5, 5.41) is 8.05. The van der Waals surface area contributed by atoms with Crippen LogP contribution in [0.4, 0.5) is 0 Å². The van der Waals surface area contributed by atoms with Crippen molar-refractivity contribution in [2.75, 3.05) is 6.54 Å². The summed E-state index contributed by atoms with van der Waals surface area (Å²) < 4.78 is 1.04. The van der Waals surface area contributed by atoms with E-state index in [2.05, 4.69) is 26.6 Å². The topological polar surface area (TPSA) is 41.1 Å². The number of carbonyl (C=O) groups excluding carboxylic acids is 1. The molecular formula is C8H9BrN2OS. The van der Waals surface area contributed by atoms with Gasteiger partial charge in [0.05, 0.1) is 11.4 Å². The zero-order valence-electron chi connectivity index (χ0n) is 7.06. The lowest BCUT2D eigenvalue weighted by atomic mass is 10.2. The van der Waals surface area contributed by atoms with Gasteiger partial charge in [0, 0.05) is 4.47 Å². The second-order valence-corrected chi connectivity index (χ2v) is 4.89. The van der Waals surface area contributed by atoms with E-state index in [4.69, 9.17) is 0 Å². The van der Waals surface area contributed by atoms with Crippen molar-refractivity contribution in [3.05, 3.63) is 20.8 Å². The van der Waals surface area contributed by atoms with Crippen LogP contribution >= 0.6 is 27.3 Å². The number of hydrogen-bond donors (Lipinski definition) is 2. The van der Waals surface area contributed by atoms with Crippen LogP contribution in [0.25, 0.3) is 0 Å². The number of rotatable bonds is 1. The second-order valence-electron chi connectivity index (χ2n) is 3.12. The maximum Gasteiger partial charge on any atom is 0.235 e. The van der Waals surface area contributed by atoms with Crippen LogP contribution in [0.3, 0.4) is 0 Å². The molecule has 2 heterocycles. The Balaban J connectivity index is 2.35. The summed E-state index contributed by atoms with van der Waals surface area (Å²) in [5.74, 6) is 0.0443. The fourth-order valence-corrected chi connectivity index (χ4v) is 3.28. The Morgan fingerprint density at radius 2 is 2.46 bits per heavy atom. The molecule has 1 amide bonds. The summed E-state index contributed by atoms with van der Waals surface area (Å²) in [6.45, 7) is 2.36. The van der Waals surface area contributed by atoms with Crippen molar-refractivity contribution in [1.29, 1.82) is 0 Å². The van der Waals surface area contributed by atoms with Gasteiger partial charge < -0.3 is 5.32 Å². The first-order chi connectivity index (χ1) is 6.12. The fraction of sp³-hybridized carbons (Fsp3) is 0.375. The van der Waals surface area contributed by atoms with Crippen LogP contribution in [0.1, 0.15) is 11.8 Å². The zero-order valence-corrected chi connectivity index (χ0v) is 9.46. The molecule has 2 N–H and O–H groups in total. The molecule has 1 aromatic heterocycles. The molecule has 2 rings (SSSR count). The van der Waals surface area contributed by atoms with Crippen LogP contribution < -0.4 is 10.6 Å². The molecule has 1 aliphatic rings. The molecule has 1 unspecified atom stereocenters. The molecule has 1 aliphatic heterocycles. The van der Waals surface area contributed by atoms with Crippen molar-refractivity contribution in [2.45, 2.75) is 12.6 Å². The zero-order chi connectivity index (χ0) is 9.47. The molecule has 0 aromatic carbocycles. The lowest BCUT2D eigenvalue weighted by molar-refractivity contribution is -0.118. The van der Waals surface area contributed by atoms with E-state index in [0.717, 1.165) is 9.35 Å². The molecule has 0 radical (unpaired) electrons. The summed E-state index contributed by atoms with van der Waals surface area (Å²) >= 11 is 5.07. The average Bonchev–Trinajstić information content (AvgIpc) is 2.59. The van der Waals surface area contributed by atoms with Gasteiger partial charge in [-0.05, 0) is 34.3 Å². The Labute approximate surface area is 88.7 Å². The standard InChI is InChI=1S/C8H9BrN2OS/c1-8(10-4-6(12)11-8)7-5(9)2-3-13-7/h2-3,10H,4H2,1H3,(H,11,12). The molecule has 1 saturated heterocycles. The number of nitrogens with one attached hydrogen (secondary N) is 2. The molecule has 1 fully saturated rings. The number of thiophene rings is 1. The third kappa shape index (κ3) is 1.51. The maximum atomic E-state index is 11.1. The number of hydrogen-bond acceptors (Lipinski definition) is 3. The summed E-state index contributed by atoms with van der Waals surface area (Å²) in [5.41, 5.74) is -0.399. The highest BCUT2D eigenvalue weighted by molar-refractivity contribution is 9.10. The number of halogens is 1. The molecule has 0 bridgehead atoms. The lowest BCUT2D eigenvalue weighted by Crippen LogP contribution is -2.42. The summed E-state index contributed by atoms with van der Waals surface area (Å²) in [7, 11) is 0. The molecule has 3 nitrogen and oxygen atoms in total. The average molecular weight is 261 g/mol. The molecule has 1 aromatic rings. The molecule has 70 valence electrons. The maximum absolute atomic E-state index is 11.1. The first kappa shape index (κ1) is 9.18. The van der Waals surface area contributed by atoms with Crippen molar-refractivity contribution in [1.82, 2.24) is 10.6 Å². The van der Waals surface area contributed by atoms with Gasteiger partial charge in [-0.15, -0.1) is 11.3 Å². The van der Waals surface area contributed by atoms with Crippen LogP contribution in [0.2, 0.25) is 0 Å². The third-order valence-corrected chi connectivity index (χ3v) is 4.12. The summed E-state index contributed by atoms with van der Waals surface area (Å²) in [6, 6.07) is 1.98. The van der Waals surface area contributed by atoms with E-state index in [1.165, 1.54) is 0 Å². The molecule has 5 heteroatoms. The highest BCUT2D eigenvalue weighted by Crippen LogP contribution is 2.32. The first-order valence-electron chi connectivity index (χ1n) is 3.91. The van der Waals surface area contributed by atoms with E-state index in [9.17, 15) is 4.79 Å². The normalized spacial score (nSPS) is 27.7. The Hall–Kier alpha value is -0.390. The number of carbonyl (C=O) groups is 1. The predicted molar refractivity (Wildman–Crippen MR) is 55.5 cm³/mol. The van der Waals surface area contributed by atoms with E-state index < -0.39 is 5.66 Å². The molecule has 0 aliphatic carbocycles. The van der Waals surface area contributed by atoms with Crippen LogP contribution in [0.15, 0.2) is 15.9 Å². The van der Waals surface area contributed by atoms with Crippen LogP contribution in [-0.2, 0) is 10.5 Å². The van der Waals surface area contributed by atoms with E-state index in [1.54, 1.807) is 11.3 Å². The highest BCUT2D eigenvalue weighted by atomic mass is 79.9. The van der Waals surface area contributed by atoms with Crippen LogP contribution in [-0.4, -0.2) is 12.5 Å². The van der Waals surface area contributed by atoms with Crippen molar-refractivity contribution in [3.63, 3.8) is 0 Å². The Bertz CT molecular complexity index is 352. The van der Waals surface area contributed by atoms with Gasteiger partial charge >= 0.3 is 0 Å². The van der Waals surface area contributed by atoms with Gasteiger partial charge in [-0.1, -0.05) is 0 Å². The minimum atomic E-state index is -0.399. The summed E-state index contributed by atoms with van der Waals surface area (Å²) in [6.07, 6.45) is 0. The van der Waals surface area contributed by atoms with Gasteiger partial charge in [0.25, 0.3) is 0 Å². The first-order valence-corrected chi connectivity index (χ1v) is 5.58.